The van der Waals surface area contributed by atoms with Crippen LogP contribution in [0.3, 0.4) is 0 Å². The summed E-state index contributed by atoms with van der Waals surface area (Å²) in [4.78, 5) is 11.1. The van der Waals surface area contributed by atoms with E-state index in [1.54, 1.807) is 6.92 Å². The SMILES string of the molecule is CCOC(=O)CC=Cc1ccc(N)c(OC(F)(F)F)c1. The van der Waals surface area contributed by atoms with Crippen molar-refractivity contribution in [2.45, 2.75) is 19.7 Å². The summed E-state index contributed by atoms with van der Waals surface area (Å²) in [6, 6.07) is 3.95. The van der Waals surface area contributed by atoms with E-state index in [0.29, 0.717) is 5.56 Å². The first-order valence-electron chi connectivity index (χ1n) is 5.79. The number of rotatable bonds is 5. The highest BCUT2D eigenvalue weighted by atomic mass is 19.4. The molecule has 0 bridgehead atoms. The van der Waals surface area contributed by atoms with E-state index in [-0.39, 0.29) is 18.7 Å². The number of carbonyl (C=O) groups excluding carboxylic acids is 1. The van der Waals surface area contributed by atoms with Crippen molar-refractivity contribution in [3.05, 3.63) is 29.8 Å². The largest absolute Gasteiger partial charge is 0.573 e. The van der Waals surface area contributed by atoms with Crippen LogP contribution < -0.4 is 10.5 Å². The minimum Gasteiger partial charge on any atom is -0.466 e. The van der Waals surface area contributed by atoms with Gasteiger partial charge in [0.05, 0.1) is 18.7 Å². The number of halogens is 3. The Morgan fingerprint density at radius 3 is 2.70 bits per heavy atom. The predicted octanol–water partition coefficient (Wildman–Crippen LogP) is 3.13. The predicted molar refractivity (Wildman–Crippen MR) is 67.8 cm³/mol. The quantitative estimate of drug-likeness (QED) is 0.668. The summed E-state index contributed by atoms with van der Waals surface area (Å²) in [5.74, 6) is -0.887. The highest BCUT2D eigenvalue weighted by molar-refractivity contribution is 5.73. The number of anilines is 1. The van der Waals surface area contributed by atoms with Gasteiger partial charge in [-0.3, -0.25) is 4.79 Å². The molecule has 1 aromatic carbocycles. The summed E-state index contributed by atoms with van der Waals surface area (Å²) in [5.41, 5.74) is 5.70. The van der Waals surface area contributed by atoms with Gasteiger partial charge in [0.15, 0.2) is 5.75 Å². The van der Waals surface area contributed by atoms with Crippen LogP contribution in [0.15, 0.2) is 24.3 Å². The van der Waals surface area contributed by atoms with Gasteiger partial charge in [-0.25, -0.2) is 0 Å². The lowest BCUT2D eigenvalue weighted by Crippen LogP contribution is -2.18. The van der Waals surface area contributed by atoms with Crippen LogP contribution in [0, 0.1) is 0 Å². The molecule has 2 N–H and O–H groups in total. The van der Waals surface area contributed by atoms with Crippen LogP contribution in [-0.2, 0) is 9.53 Å². The molecular formula is C13H14F3NO3. The lowest BCUT2D eigenvalue weighted by Gasteiger charge is -2.11. The molecule has 0 aliphatic heterocycles. The Hall–Kier alpha value is -2.18. The molecule has 110 valence electrons. The van der Waals surface area contributed by atoms with E-state index < -0.39 is 18.1 Å². The molecule has 0 fully saturated rings. The molecule has 0 unspecified atom stereocenters. The Morgan fingerprint density at radius 2 is 2.10 bits per heavy atom. The van der Waals surface area contributed by atoms with Crippen LogP contribution >= 0.6 is 0 Å². The molecule has 0 amide bonds. The fraction of sp³-hybridized carbons (Fsp3) is 0.308. The highest BCUT2D eigenvalue weighted by Crippen LogP contribution is 2.29. The monoisotopic (exact) mass is 289 g/mol. The third-order valence-electron chi connectivity index (χ3n) is 2.16. The van der Waals surface area contributed by atoms with Crippen LogP contribution in [0.4, 0.5) is 18.9 Å². The molecule has 4 nitrogen and oxygen atoms in total. The van der Waals surface area contributed by atoms with E-state index in [2.05, 4.69) is 4.74 Å². The lowest BCUT2D eigenvalue weighted by molar-refractivity contribution is -0.274. The van der Waals surface area contributed by atoms with Crippen molar-refractivity contribution in [2.75, 3.05) is 12.3 Å². The number of hydrogen-bond donors (Lipinski definition) is 1. The summed E-state index contributed by atoms with van der Waals surface area (Å²) in [5, 5.41) is 0. The first-order valence-corrected chi connectivity index (χ1v) is 5.79. The molecule has 0 aromatic heterocycles. The standard InChI is InChI=1S/C13H14F3NO3/c1-2-19-12(18)5-3-4-9-6-7-10(17)11(8-9)20-13(14,15)16/h3-4,6-8H,2,5,17H2,1H3. The fourth-order valence-electron chi connectivity index (χ4n) is 1.38. The van der Waals surface area contributed by atoms with Gasteiger partial charge in [0, 0.05) is 0 Å². The average Bonchev–Trinajstić information content (AvgIpc) is 2.32. The Labute approximate surface area is 114 Å². The fourth-order valence-corrected chi connectivity index (χ4v) is 1.38. The van der Waals surface area contributed by atoms with Gasteiger partial charge in [0.1, 0.15) is 0 Å². The van der Waals surface area contributed by atoms with Crippen LogP contribution in [-0.4, -0.2) is 18.9 Å². The first kappa shape index (κ1) is 15.9. The Kier molecular flexibility index (Phi) is 5.42. The smallest absolute Gasteiger partial charge is 0.466 e. The van der Waals surface area contributed by atoms with Gasteiger partial charge in [-0.2, -0.15) is 0 Å². The molecule has 0 spiro atoms. The second-order valence-corrected chi connectivity index (χ2v) is 3.76. The van der Waals surface area contributed by atoms with Crippen LogP contribution in [0.1, 0.15) is 18.9 Å². The normalized spacial score (nSPS) is 11.6. The molecule has 1 rings (SSSR count). The molecule has 0 aliphatic rings. The maximum atomic E-state index is 12.1. The molecule has 0 heterocycles. The average molecular weight is 289 g/mol. The van der Waals surface area contributed by atoms with Crippen molar-refractivity contribution >= 4 is 17.7 Å². The molecular weight excluding hydrogens is 275 g/mol. The number of benzene rings is 1. The third kappa shape index (κ3) is 5.64. The molecule has 1 aromatic rings. The minimum absolute atomic E-state index is 0.0354. The van der Waals surface area contributed by atoms with Crippen LogP contribution in [0.2, 0.25) is 0 Å². The van der Waals surface area contributed by atoms with Gasteiger partial charge < -0.3 is 15.2 Å². The molecule has 0 saturated heterocycles. The highest BCUT2D eigenvalue weighted by Gasteiger charge is 2.31. The van der Waals surface area contributed by atoms with E-state index in [1.807, 2.05) is 0 Å². The first-order chi connectivity index (χ1) is 9.31. The lowest BCUT2D eigenvalue weighted by atomic mass is 10.1. The van der Waals surface area contributed by atoms with Crippen molar-refractivity contribution in [2.24, 2.45) is 0 Å². The number of hydrogen-bond acceptors (Lipinski definition) is 4. The van der Waals surface area contributed by atoms with Gasteiger partial charge >= 0.3 is 12.3 Å². The van der Waals surface area contributed by atoms with E-state index in [1.165, 1.54) is 24.3 Å². The summed E-state index contributed by atoms with van der Waals surface area (Å²) >= 11 is 0. The maximum absolute atomic E-state index is 12.1. The molecule has 0 saturated carbocycles. The molecule has 0 aliphatic carbocycles. The minimum atomic E-state index is -4.80. The molecule has 7 heteroatoms. The van der Waals surface area contributed by atoms with E-state index in [4.69, 9.17) is 10.5 Å². The van der Waals surface area contributed by atoms with Crippen molar-refractivity contribution in [1.29, 1.82) is 0 Å². The van der Waals surface area contributed by atoms with E-state index >= 15 is 0 Å². The van der Waals surface area contributed by atoms with Crippen molar-refractivity contribution in [1.82, 2.24) is 0 Å². The van der Waals surface area contributed by atoms with Gasteiger partial charge in [0.25, 0.3) is 0 Å². The zero-order valence-electron chi connectivity index (χ0n) is 10.7. The number of esters is 1. The van der Waals surface area contributed by atoms with Crippen LogP contribution in [0.5, 0.6) is 5.75 Å². The summed E-state index contributed by atoms with van der Waals surface area (Å²) in [6.45, 7) is 1.96. The summed E-state index contributed by atoms with van der Waals surface area (Å²) < 4.78 is 44.9. The van der Waals surface area contributed by atoms with Crippen LogP contribution in [0.25, 0.3) is 6.08 Å². The zero-order chi connectivity index (χ0) is 15.2. The number of ether oxygens (including phenoxy) is 2. The topological polar surface area (TPSA) is 61.5 Å². The third-order valence-corrected chi connectivity index (χ3v) is 2.16. The number of carbonyl (C=O) groups is 1. The van der Waals surface area contributed by atoms with E-state index in [9.17, 15) is 18.0 Å². The second kappa shape index (κ2) is 6.83. The summed E-state index contributed by atoms with van der Waals surface area (Å²) in [6.07, 6.45) is -1.80. The van der Waals surface area contributed by atoms with Crippen molar-refractivity contribution in [3.63, 3.8) is 0 Å². The van der Waals surface area contributed by atoms with E-state index in [0.717, 1.165) is 6.07 Å². The number of nitrogens with two attached hydrogens (primary N) is 1. The Balaban J connectivity index is 2.75. The molecule has 0 radical (unpaired) electrons. The summed E-state index contributed by atoms with van der Waals surface area (Å²) in [7, 11) is 0. The van der Waals surface area contributed by atoms with Crippen molar-refractivity contribution < 1.29 is 27.4 Å². The second-order valence-electron chi connectivity index (χ2n) is 3.76. The number of nitrogen functional groups attached to an aromatic ring is 1. The number of alkyl halides is 3. The van der Waals surface area contributed by atoms with Gasteiger partial charge in [-0.05, 0) is 24.6 Å². The van der Waals surface area contributed by atoms with Crippen molar-refractivity contribution in [3.8, 4) is 5.75 Å². The molecule has 20 heavy (non-hydrogen) atoms. The van der Waals surface area contributed by atoms with Gasteiger partial charge in [-0.1, -0.05) is 18.2 Å². The Morgan fingerprint density at radius 1 is 1.40 bits per heavy atom. The maximum Gasteiger partial charge on any atom is 0.573 e. The van der Waals surface area contributed by atoms with Gasteiger partial charge in [-0.15, -0.1) is 13.2 Å². The Bertz CT molecular complexity index is 498. The zero-order valence-corrected chi connectivity index (χ0v) is 10.7. The molecule has 0 atom stereocenters. The van der Waals surface area contributed by atoms with Gasteiger partial charge in [0.2, 0.25) is 0 Å².